The Morgan fingerprint density at radius 2 is 1.56 bits per heavy atom. The molecule has 0 spiro atoms. The SMILES string of the molecule is CC[C@](COC(=O)c1cc(OC)c(OC)c(OC)c1)(c1ccccc1)N(C)C(=O)OCCl. The van der Waals surface area contributed by atoms with E-state index >= 15 is 0 Å². The number of carbonyl (C=O) groups is 2. The maximum Gasteiger partial charge on any atom is 0.411 e. The molecule has 0 aliphatic carbocycles. The van der Waals surface area contributed by atoms with Crippen molar-refractivity contribution in [3.8, 4) is 17.2 Å². The monoisotopic (exact) mass is 465 g/mol. The van der Waals surface area contributed by atoms with Crippen molar-refractivity contribution in [2.75, 3.05) is 41.1 Å². The minimum Gasteiger partial charge on any atom is -0.493 e. The van der Waals surface area contributed by atoms with Crippen molar-refractivity contribution in [3.05, 3.63) is 53.6 Å². The number of amides is 1. The second kappa shape index (κ2) is 11.5. The molecule has 2 aromatic rings. The van der Waals surface area contributed by atoms with E-state index in [0.29, 0.717) is 23.7 Å². The largest absolute Gasteiger partial charge is 0.493 e. The second-order valence-electron chi connectivity index (χ2n) is 6.82. The Morgan fingerprint density at radius 3 is 2.03 bits per heavy atom. The lowest BCUT2D eigenvalue weighted by Gasteiger charge is -2.40. The fraction of sp³-hybridized carbons (Fsp3) is 0.391. The van der Waals surface area contributed by atoms with Gasteiger partial charge in [0.15, 0.2) is 17.6 Å². The van der Waals surface area contributed by atoms with Crippen LogP contribution in [0, 0.1) is 0 Å². The molecule has 2 aromatic carbocycles. The Balaban J connectivity index is 2.39. The highest BCUT2D eigenvalue weighted by atomic mass is 35.5. The Bertz CT molecular complexity index is 897. The number of esters is 1. The Morgan fingerprint density at radius 1 is 0.969 bits per heavy atom. The normalized spacial score (nSPS) is 12.3. The van der Waals surface area contributed by atoms with Crippen molar-refractivity contribution < 1.29 is 33.3 Å². The summed E-state index contributed by atoms with van der Waals surface area (Å²) in [6.07, 6.45) is -0.178. The molecule has 0 aromatic heterocycles. The number of carbonyl (C=O) groups excluding carboxylic acids is 2. The lowest BCUT2D eigenvalue weighted by Crippen LogP contribution is -2.50. The van der Waals surface area contributed by atoms with Crippen LogP contribution in [0.5, 0.6) is 17.2 Å². The number of benzene rings is 2. The zero-order chi connectivity index (χ0) is 23.7. The number of alkyl halides is 1. The molecule has 32 heavy (non-hydrogen) atoms. The van der Waals surface area contributed by atoms with E-state index in [1.54, 1.807) is 7.05 Å². The molecule has 0 fully saturated rings. The van der Waals surface area contributed by atoms with Crippen LogP contribution in [-0.4, -0.2) is 58.0 Å². The third kappa shape index (κ3) is 5.19. The van der Waals surface area contributed by atoms with E-state index in [1.807, 2.05) is 37.3 Å². The molecule has 0 aliphatic rings. The van der Waals surface area contributed by atoms with Crippen molar-refractivity contribution in [3.63, 3.8) is 0 Å². The first-order chi connectivity index (χ1) is 15.4. The molecule has 2 rings (SSSR count). The van der Waals surface area contributed by atoms with Crippen LogP contribution in [0.15, 0.2) is 42.5 Å². The van der Waals surface area contributed by atoms with Crippen molar-refractivity contribution in [1.82, 2.24) is 4.90 Å². The fourth-order valence-corrected chi connectivity index (χ4v) is 3.54. The van der Waals surface area contributed by atoms with Crippen LogP contribution in [0.1, 0.15) is 29.3 Å². The highest BCUT2D eigenvalue weighted by Crippen LogP contribution is 2.39. The summed E-state index contributed by atoms with van der Waals surface area (Å²) in [6, 6.07) is 12.0. The van der Waals surface area contributed by atoms with Crippen molar-refractivity contribution >= 4 is 23.7 Å². The standard InChI is InChI=1S/C23H28ClNO7/c1-6-23(17-10-8-7-9-11-17,25(2)22(27)32-15-24)14-31-21(26)16-12-18(28-3)20(30-5)19(13-16)29-4/h7-13H,6,14-15H2,1-5H3/t23-/m0/s1. The van der Waals surface area contributed by atoms with Crippen LogP contribution in [-0.2, 0) is 15.0 Å². The molecule has 8 nitrogen and oxygen atoms in total. The molecule has 0 heterocycles. The van der Waals surface area contributed by atoms with Crippen molar-refractivity contribution in [2.45, 2.75) is 18.9 Å². The Hall–Kier alpha value is -3.13. The number of methoxy groups -OCH3 is 3. The number of hydrogen-bond acceptors (Lipinski definition) is 7. The number of hydrogen-bond donors (Lipinski definition) is 0. The summed E-state index contributed by atoms with van der Waals surface area (Å²) >= 11 is 5.58. The highest BCUT2D eigenvalue weighted by Gasteiger charge is 2.40. The van der Waals surface area contributed by atoms with Crippen molar-refractivity contribution in [2.24, 2.45) is 0 Å². The van der Waals surface area contributed by atoms with Gasteiger partial charge in [-0.15, -0.1) is 0 Å². The summed E-state index contributed by atoms with van der Waals surface area (Å²) < 4.78 is 26.6. The number of likely N-dealkylation sites (N-methyl/N-ethyl adjacent to an activating group) is 1. The third-order valence-electron chi connectivity index (χ3n) is 5.33. The predicted octanol–water partition coefficient (Wildman–Crippen LogP) is 4.44. The number of rotatable bonds is 10. The molecule has 174 valence electrons. The first kappa shape index (κ1) is 25.1. The number of nitrogens with zero attached hydrogens (tertiary/aromatic N) is 1. The van der Waals surface area contributed by atoms with Gasteiger partial charge >= 0.3 is 12.1 Å². The molecule has 0 bridgehead atoms. The van der Waals surface area contributed by atoms with E-state index in [4.69, 9.17) is 35.3 Å². The first-order valence-electron chi connectivity index (χ1n) is 9.87. The minimum absolute atomic E-state index is 0.114. The van der Waals surface area contributed by atoms with E-state index in [-0.39, 0.29) is 18.2 Å². The van der Waals surface area contributed by atoms with Crippen LogP contribution in [0.2, 0.25) is 0 Å². The summed E-state index contributed by atoms with van der Waals surface area (Å²) in [5.41, 5.74) is 0.0264. The van der Waals surface area contributed by atoms with E-state index in [2.05, 4.69) is 0 Å². The van der Waals surface area contributed by atoms with Gasteiger partial charge in [0, 0.05) is 7.05 Å². The fourth-order valence-electron chi connectivity index (χ4n) is 3.45. The van der Waals surface area contributed by atoms with Crippen LogP contribution in [0.3, 0.4) is 0 Å². The Labute approximate surface area is 192 Å². The van der Waals surface area contributed by atoms with E-state index in [0.717, 1.165) is 5.56 Å². The summed E-state index contributed by atoms with van der Waals surface area (Å²) in [5.74, 6) is 0.400. The first-order valence-corrected chi connectivity index (χ1v) is 10.4. The second-order valence-corrected chi connectivity index (χ2v) is 7.04. The molecule has 1 atom stereocenters. The van der Waals surface area contributed by atoms with Gasteiger partial charge in [-0.25, -0.2) is 9.59 Å². The third-order valence-corrected chi connectivity index (χ3v) is 5.44. The van der Waals surface area contributed by atoms with Gasteiger partial charge in [0.25, 0.3) is 0 Å². The minimum atomic E-state index is -0.972. The van der Waals surface area contributed by atoms with Crippen molar-refractivity contribution in [1.29, 1.82) is 0 Å². The van der Waals surface area contributed by atoms with Gasteiger partial charge in [-0.2, -0.15) is 0 Å². The average Bonchev–Trinajstić information content (AvgIpc) is 2.84. The van der Waals surface area contributed by atoms with E-state index in [1.165, 1.54) is 38.4 Å². The van der Waals surface area contributed by atoms with Crippen LogP contribution >= 0.6 is 11.6 Å². The smallest absolute Gasteiger partial charge is 0.411 e. The maximum absolute atomic E-state index is 13.0. The van der Waals surface area contributed by atoms with E-state index in [9.17, 15) is 9.59 Å². The summed E-state index contributed by atoms with van der Waals surface area (Å²) in [4.78, 5) is 26.9. The lowest BCUT2D eigenvalue weighted by molar-refractivity contribution is 0.00337. The zero-order valence-corrected chi connectivity index (χ0v) is 19.6. The van der Waals surface area contributed by atoms with Gasteiger partial charge in [0.1, 0.15) is 12.1 Å². The molecule has 0 radical (unpaired) electrons. The van der Waals surface area contributed by atoms with Gasteiger partial charge in [0.05, 0.1) is 26.9 Å². The van der Waals surface area contributed by atoms with E-state index < -0.39 is 17.6 Å². The van der Waals surface area contributed by atoms with Crippen LogP contribution < -0.4 is 14.2 Å². The quantitative estimate of drug-likeness (QED) is 0.379. The molecule has 1 amide bonds. The Kier molecular flexibility index (Phi) is 9.02. The lowest BCUT2D eigenvalue weighted by atomic mass is 9.86. The molecule has 0 unspecified atom stereocenters. The summed E-state index contributed by atoms with van der Waals surface area (Å²) in [7, 11) is 5.98. The van der Waals surface area contributed by atoms with Gasteiger partial charge in [-0.05, 0) is 24.1 Å². The molecular weight excluding hydrogens is 438 g/mol. The molecule has 0 aliphatic heterocycles. The van der Waals surface area contributed by atoms with Gasteiger partial charge in [-0.1, -0.05) is 48.9 Å². The van der Waals surface area contributed by atoms with Gasteiger partial charge in [0.2, 0.25) is 5.75 Å². The number of halogens is 1. The average molecular weight is 466 g/mol. The maximum atomic E-state index is 13.0. The topological polar surface area (TPSA) is 83.5 Å². The predicted molar refractivity (Wildman–Crippen MR) is 120 cm³/mol. The molecular formula is C23H28ClNO7. The summed E-state index contributed by atoms with van der Waals surface area (Å²) in [5, 5.41) is 0. The highest BCUT2D eigenvalue weighted by molar-refractivity contribution is 6.17. The molecule has 0 N–H and O–H groups in total. The number of ether oxygens (including phenoxy) is 5. The van der Waals surface area contributed by atoms with Crippen LogP contribution in [0.25, 0.3) is 0 Å². The van der Waals surface area contributed by atoms with Gasteiger partial charge < -0.3 is 23.7 Å². The molecule has 9 heteroatoms. The molecule has 0 saturated heterocycles. The summed E-state index contributed by atoms with van der Waals surface area (Å²) in [6.45, 7) is 1.78. The zero-order valence-electron chi connectivity index (χ0n) is 18.8. The van der Waals surface area contributed by atoms with Crippen LogP contribution in [0.4, 0.5) is 4.79 Å². The molecule has 0 saturated carbocycles. The van der Waals surface area contributed by atoms with Gasteiger partial charge in [-0.3, -0.25) is 4.90 Å².